The molecule has 3 nitrogen and oxygen atoms in total. The van der Waals surface area contributed by atoms with Crippen LogP contribution in [0.25, 0.3) is 0 Å². The topological polar surface area (TPSA) is 32.5 Å². The Morgan fingerprint density at radius 3 is 2.76 bits per heavy atom. The van der Waals surface area contributed by atoms with E-state index in [1.54, 1.807) is 0 Å². The molecule has 0 aromatic heterocycles. The number of piperidine rings is 1. The zero-order valence-electron chi connectivity index (χ0n) is 11.6. The first-order valence-corrected chi connectivity index (χ1v) is 7.35. The second-order valence-corrected chi connectivity index (χ2v) is 6.10. The number of nitrogens with zero attached hydrogens (tertiary/aromatic N) is 2. The maximum absolute atomic E-state index is 5.78. The summed E-state index contributed by atoms with van der Waals surface area (Å²) in [6.07, 6.45) is 6.87. The van der Waals surface area contributed by atoms with E-state index in [0.717, 1.165) is 24.5 Å². The van der Waals surface area contributed by atoms with Crippen LogP contribution >= 0.6 is 0 Å². The van der Waals surface area contributed by atoms with Gasteiger partial charge < -0.3 is 15.5 Å². The molecule has 2 aliphatic rings. The second kappa shape index (κ2) is 6.17. The van der Waals surface area contributed by atoms with Crippen LogP contribution < -0.4 is 5.73 Å². The zero-order valence-corrected chi connectivity index (χ0v) is 11.6. The van der Waals surface area contributed by atoms with E-state index < -0.39 is 0 Å². The summed E-state index contributed by atoms with van der Waals surface area (Å²) in [7, 11) is 2.29. The molecule has 3 atom stereocenters. The normalized spacial score (nSPS) is 36.5. The van der Waals surface area contributed by atoms with Gasteiger partial charge in [0.1, 0.15) is 0 Å². The number of hydrogen-bond donors (Lipinski definition) is 1. The van der Waals surface area contributed by atoms with Gasteiger partial charge in [-0.05, 0) is 65.2 Å². The fraction of sp³-hybridized carbons (Fsp3) is 1.00. The van der Waals surface area contributed by atoms with Gasteiger partial charge in [-0.1, -0.05) is 6.42 Å². The quantitative estimate of drug-likeness (QED) is 0.807. The molecule has 2 rings (SSSR count). The molecule has 3 unspecified atom stereocenters. The third-order valence-electron chi connectivity index (χ3n) is 4.79. The van der Waals surface area contributed by atoms with Crippen molar-refractivity contribution in [1.82, 2.24) is 9.80 Å². The first-order chi connectivity index (χ1) is 8.20. The van der Waals surface area contributed by atoms with E-state index in [-0.39, 0.29) is 0 Å². The van der Waals surface area contributed by atoms with Crippen molar-refractivity contribution in [2.45, 2.75) is 51.1 Å². The van der Waals surface area contributed by atoms with Crippen LogP contribution in [-0.2, 0) is 0 Å². The van der Waals surface area contributed by atoms with Gasteiger partial charge in [-0.2, -0.15) is 0 Å². The highest BCUT2D eigenvalue weighted by atomic mass is 15.2. The van der Waals surface area contributed by atoms with Crippen molar-refractivity contribution in [3.05, 3.63) is 0 Å². The third kappa shape index (κ3) is 3.43. The Labute approximate surface area is 106 Å². The second-order valence-electron chi connectivity index (χ2n) is 6.10. The van der Waals surface area contributed by atoms with Crippen molar-refractivity contribution in [1.29, 1.82) is 0 Å². The molecule has 2 N–H and O–H groups in total. The Bertz CT molecular complexity index is 232. The molecule has 0 amide bonds. The summed E-state index contributed by atoms with van der Waals surface area (Å²) >= 11 is 0. The monoisotopic (exact) mass is 239 g/mol. The molecule has 0 aromatic rings. The van der Waals surface area contributed by atoms with E-state index in [1.807, 2.05) is 0 Å². The Hall–Kier alpha value is -0.120. The molecule has 0 spiro atoms. The van der Waals surface area contributed by atoms with Crippen LogP contribution in [0.1, 0.15) is 39.0 Å². The highest BCUT2D eigenvalue weighted by Crippen LogP contribution is 2.24. The van der Waals surface area contributed by atoms with Gasteiger partial charge in [0.15, 0.2) is 0 Å². The minimum Gasteiger partial charge on any atom is -0.330 e. The van der Waals surface area contributed by atoms with Gasteiger partial charge in [0.05, 0.1) is 0 Å². The molecule has 100 valence electrons. The smallest absolute Gasteiger partial charge is 0.0104 e. The van der Waals surface area contributed by atoms with E-state index in [4.69, 9.17) is 5.73 Å². The molecule has 2 saturated heterocycles. The van der Waals surface area contributed by atoms with Gasteiger partial charge >= 0.3 is 0 Å². The van der Waals surface area contributed by atoms with Crippen molar-refractivity contribution in [2.75, 3.05) is 33.2 Å². The fourth-order valence-corrected chi connectivity index (χ4v) is 3.52. The Kier molecular flexibility index (Phi) is 4.83. The van der Waals surface area contributed by atoms with E-state index >= 15 is 0 Å². The van der Waals surface area contributed by atoms with Crippen molar-refractivity contribution < 1.29 is 0 Å². The largest absolute Gasteiger partial charge is 0.330 e. The highest BCUT2D eigenvalue weighted by Gasteiger charge is 2.28. The molecule has 0 bridgehead atoms. The SMILES string of the molecule is CC1CC(CN)CN1CCC1CCCCN1C. The van der Waals surface area contributed by atoms with Gasteiger partial charge in [0.25, 0.3) is 0 Å². The van der Waals surface area contributed by atoms with Crippen molar-refractivity contribution in [2.24, 2.45) is 11.7 Å². The predicted octanol–water partition coefficient (Wildman–Crippen LogP) is 1.53. The molecule has 0 radical (unpaired) electrons. The van der Waals surface area contributed by atoms with Gasteiger partial charge in [-0.15, -0.1) is 0 Å². The molecule has 2 fully saturated rings. The molecule has 0 aromatic carbocycles. The molecule has 0 aliphatic carbocycles. The van der Waals surface area contributed by atoms with Crippen LogP contribution in [-0.4, -0.2) is 55.1 Å². The lowest BCUT2D eigenvalue weighted by atomic mass is 10.00. The summed E-state index contributed by atoms with van der Waals surface area (Å²) in [6.45, 7) is 7.02. The van der Waals surface area contributed by atoms with Gasteiger partial charge in [0.2, 0.25) is 0 Å². The van der Waals surface area contributed by atoms with Crippen LogP contribution in [0.15, 0.2) is 0 Å². The lowest BCUT2D eigenvalue weighted by molar-refractivity contribution is 0.151. The molecule has 2 aliphatic heterocycles. The number of hydrogen-bond acceptors (Lipinski definition) is 3. The molecular formula is C14H29N3. The maximum atomic E-state index is 5.78. The van der Waals surface area contributed by atoms with Gasteiger partial charge in [-0.3, -0.25) is 0 Å². The number of nitrogens with two attached hydrogens (primary N) is 1. The standard InChI is InChI=1S/C14H29N3/c1-12-9-13(10-15)11-17(12)8-6-14-5-3-4-7-16(14)2/h12-14H,3-11,15H2,1-2H3. The van der Waals surface area contributed by atoms with Crippen molar-refractivity contribution in [3.8, 4) is 0 Å². The van der Waals surface area contributed by atoms with Crippen LogP contribution in [0.3, 0.4) is 0 Å². The minimum absolute atomic E-state index is 0.745. The Morgan fingerprint density at radius 2 is 2.12 bits per heavy atom. The molecule has 3 heteroatoms. The maximum Gasteiger partial charge on any atom is 0.0104 e. The molecule has 17 heavy (non-hydrogen) atoms. The van der Waals surface area contributed by atoms with E-state index in [0.29, 0.717) is 0 Å². The van der Waals surface area contributed by atoms with E-state index in [2.05, 4.69) is 23.8 Å². The highest BCUT2D eigenvalue weighted by molar-refractivity contribution is 4.84. The summed E-state index contributed by atoms with van der Waals surface area (Å²) in [4.78, 5) is 5.21. The van der Waals surface area contributed by atoms with Gasteiger partial charge in [-0.25, -0.2) is 0 Å². The average molecular weight is 239 g/mol. The molecule has 2 heterocycles. The van der Waals surface area contributed by atoms with E-state index in [9.17, 15) is 0 Å². The lowest BCUT2D eigenvalue weighted by Gasteiger charge is -2.34. The summed E-state index contributed by atoms with van der Waals surface area (Å²) in [5.41, 5.74) is 5.78. The van der Waals surface area contributed by atoms with Crippen molar-refractivity contribution >= 4 is 0 Å². The average Bonchev–Trinajstić information content (AvgIpc) is 2.69. The molecular weight excluding hydrogens is 210 g/mol. The van der Waals surface area contributed by atoms with Crippen LogP contribution in [0.2, 0.25) is 0 Å². The number of rotatable bonds is 4. The summed E-state index contributed by atoms with van der Waals surface area (Å²) in [6, 6.07) is 1.57. The van der Waals surface area contributed by atoms with Crippen LogP contribution in [0.5, 0.6) is 0 Å². The molecule has 0 saturated carbocycles. The summed E-state index contributed by atoms with van der Waals surface area (Å²) in [5.74, 6) is 0.745. The fourth-order valence-electron chi connectivity index (χ4n) is 3.52. The number of likely N-dealkylation sites (tertiary alicyclic amines) is 2. The minimum atomic E-state index is 0.745. The first-order valence-electron chi connectivity index (χ1n) is 7.35. The lowest BCUT2D eigenvalue weighted by Crippen LogP contribution is -2.39. The zero-order chi connectivity index (χ0) is 12.3. The van der Waals surface area contributed by atoms with Crippen LogP contribution in [0.4, 0.5) is 0 Å². The summed E-state index contributed by atoms with van der Waals surface area (Å²) in [5, 5.41) is 0. The van der Waals surface area contributed by atoms with Gasteiger partial charge in [0, 0.05) is 18.6 Å². The predicted molar refractivity (Wildman–Crippen MR) is 73.1 cm³/mol. The first kappa shape index (κ1) is 13.3. The summed E-state index contributed by atoms with van der Waals surface area (Å²) < 4.78 is 0. The van der Waals surface area contributed by atoms with Crippen molar-refractivity contribution in [3.63, 3.8) is 0 Å². The Balaban J connectivity index is 1.74. The third-order valence-corrected chi connectivity index (χ3v) is 4.79. The van der Waals surface area contributed by atoms with Crippen LogP contribution in [0, 0.1) is 5.92 Å². The Morgan fingerprint density at radius 1 is 1.29 bits per heavy atom. The van der Waals surface area contributed by atoms with E-state index in [1.165, 1.54) is 51.7 Å².